The molecule has 1 atom stereocenters. The van der Waals surface area contributed by atoms with Crippen LogP contribution < -0.4 is 5.32 Å². The molecule has 0 radical (unpaired) electrons. The second-order valence-corrected chi connectivity index (χ2v) is 4.85. The molecule has 1 aliphatic heterocycles. The monoisotopic (exact) mass is 210 g/mol. The Balaban J connectivity index is 2.01. The van der Waals surface area contributed by atoms with Gasteiger partial charge in [0.15, 0.2) is 0 Å². The second-order valence-electron chi connectivity index (χ2n) is 4.85. The molecule has 1 aliphatic carbocycles. The molecule has 1 amide bonds. The highest BCUT2D eigenvalue weighted by atomic mass is 16.2. The molecule has 3 nitrogen and oxygen atoms in total. The van der Waals surface area contributed by atoms with Crippen molar-refractivity contribution in [3.63, 3.8) is 0 Å². The topological polar surface area (TPSA) is 32.3 Å². The molecular formula is C12H22N2O. The molecule has 0 bridgehead atoms. The highest BCUT2D eigenvalue weighted by Crippen LogP contribution is 2.24. The minimum Gasteiger partial charge on any atom is -0.338 e. The predicted molar refractivity (Wildman–Crippen MR) is 60.7 cm³/mol. The van der Waals surface area contributed by atoms with E-state index in [1.54, 1.807) is 0 Å². The lowest BCUT2D eigenvalue weighted by Crippen LogP contribution is -2.50. The van der Waals surface area contributed by atoms with Crippen molar-refractivity contribution < 1.29 is 4.79 Å². The average molecular weight is 210 g/mol. The summed E-state index contributed by atoms with van der Waals surface area (Å²) in [4.78, 5) is 14.3. The Morgan fingerprint density at radius 2 is 1.93 bits per heavy atom. The van der Waals surface area contributed by atoms with Gasteiger partial charge in [0.1, 0.15) is 0 Å². The fourth-order valence-electron chi connectivity index (χ4n) is 2.75. The fourth-order valence-corrected chi connectivity index (χ4v) is 2.75. The first-order valence-corrected chi connectivity index (χ1v) is 6.33. The van der Waals surface area contributed by atoms with Gasteiger partial charge in [-0.2, -0.15) is 0 Å². The Kier molecular flexibility index (Phi) is 3.62. The van der Waals surface area contributed by atoms with Gasteiger partial charge in [-0.05, 0) is 39.2 Å². The van der Waals surface area contributed by atoms with Gasteiger partial charge in [-0.3, -0.25) is 4.79 Å². The maximum absolute atomic E-state index is 12.1. The Labute approximate surface area is 92.2 Å². The van der Waals surface area contributed by atoms with Crippen LogP contribution in [0.5, 0.6) is 0 Å². The summed E-state index contributed by atoms with van der Waals surface area (Å²) in [6, 6.07) is 0.561. The van der Waals surface area contributed by atoms with E-state index in [-0.39, 0.29) is 6.04 Å². The van der Waals surface area contributed by atoms with Crippen LogP contribution in [-0.2, 0) is 4.79 Å². The van der Waals surface area contributed by atoms with E-state index in [1.807, 2.05) is 6.92 Å². The summed E-state index contributed by atoms with van der Waals surface area (Å²) < 4.78 is 0. The molecule has 1 saturated heterocycles. The van der Waals surface area contributed by atoms with E-state index < -0.39 is 0 Å². The summed E-state index contributed by atoms with van der Waals surface area (Å²) in [6.07, 6.45) is 7.40. The number of nitrogens with zero attached hydrogens (tertiary/aromatic N) is 1. The summed E-state index contributed by atoms with van der Waals surface area (Å²) >= 11 is 0. The molecular weight excluding hydrogens is 188 g/mol. The van der Waals surface area contributed by atoms with Crippen molar-refractivity contribution in [1.29, 1.82) is 0 Å². The van der Waals surface area contributed by atoms with E-state index in [0.717, 1.165) is 19.5 Å². The van der Waals surface area contributed by atoms with E-state index in [1.165, 1.54) is 32.1 Å². The fraction of sp³-hybridized carbons (Fsp3) is 0.917. The normalized spacial score (nSPS) is 30.3. The lowest BCUT2D eigenvalue weighted by molar-refractivity contribution is -0.135. The summed E-state index contributed by atoms with van der Waals surface area (Å²) in [7, 11) is 0. The number of rotatable bonds is 1. The minimum absolute atomic E-state index is 0.0194. The number of hydrogen-bond donors (Lipinski definition) is 1. The largest absolute Gasteiger partial charge is 0.338 e. The molecule has 3 heteroatoms. The molecule has 2 fully saturated rings. The molecule has 1 heterocycles. The van der Waals surface area contributed by atoms with Crippen LogP contribution in [0.1, 0.15) is 45.4 Å². The molecule has 0 aromatic carbocycles. The van der Waals surface area contributed by atoms with Gasteiger partial charge < -0.3 is 10.2 Å². The van der Waals surface area contributed by atoms with Crippen molar-refractivity contribution in [3.8, 4) is 0 Å². The van der Waals surface area contributed by atoms with Crippen LogP contribution in [0.4, 0.5) is 0 Å². The number of hydrogen-bond acceptors (Lipinski definition) is 2. The van der Waals surface area contributed by atoms with Crippen LogP contribution in [0, 0.1) is 0 Å². The van der Waals surface area contributed by atoms with E-state index in [0.29, 0.717) is 11.9 Å². The minimum atomic E-state index is 0.0194. The third-order valence-corrected chi connectivity index (χ3v) is 3.70. The Morgan fingerprint density at radius 1 is 1.20 bits per heavy atom. The summed E-state index contributed by atoms with van der Waals surface area (Å²) in [5.41, 5.74) is 0. The molecule has 2 aliphatic rings. The number of carbonyl (C=O) groups is 1. The van der Waals surface area contributed by atoms with Crippen LogP contribution in [0.3, 0.4) is 0 Å². The third-order valence-electron chi connectivity index (χ3n) is 3.70. The highest BCUT2D eigenvalue weighted by molar-refractivity contribution is 5.81. The Bertz CT molecular complexity index is 224. The molecule has 1 unspecified atom stereocenters. The number of nitrogens with one attached hydrogen (secondary N) is 1. The van der Waals surface area contributed by atoms with Gasteiger partial charge in [0.05, 0.1) is 6.04 Å². The Hall–Kier alpha value is -0.570. The van der Waals surface area contributed by atoms with Gasteiger partial charge in [0, 0.05) is 12.6 Å². The van der Waals surface area contributed by atoms with Gasteiger partial charge in [-0.15, -0.1) is 0 Å². The summed E-state index contributed by atoms with van der Waals surface area (Å²) in [5.74, 6) is 0.321. The third kappa shape index (κ3) is 2.51. The van der Waals surface area contributed by atoms with E-state index >= 15 is 0 Å². The van der Waals surface area contributed by atoms with E-state index in [4.69, 9.17) is 0 Å². The van der Waals surface area contributed by atoms with Crippen molar-refractivity contribution in [2.24, 2.45) is 0 Å². The van der Waals surface area contributed by atoms with Gasteiger partial charge >= 0.3 is 0 Å². The molecule has 15 heavy (non-hydrogen) atoms. The standard InChI is InChI=1S/C12H22N2O/c1-10-12(15)14(9-5-4-8-13-10)11-6-2-3-7-11/h10-11,13H,2-9H2,1H3. The van der Waals surface area contributed by atoms with Gasteiger partial charge in [-0.25, -0.2) is 0 Å². The van der Waals surface area contributed by atoms with E-state index in [2.05, 4.69) is 10.2 Å². The lowest BCUT2D eigenvalue weighted by atomic mass is 10.1. The predicted octanol–water partition coefficient (Wildman–Crippen LogP) is 1.53. The van der Waals surface area contributed by atoms with E-state index in [9.17, 15) is 4.79 Å². The smallest absolute Gasteiger partial charge is 0.239 e. The maximum Gasteiger partial charge on any atom is 0.239 e. The first-order valence-electron chi connectivity index (χ1n) is 6.33. The molecule has 0 spiro atoms. The molecule has 1 saturated carbocycles. The van der Waals surface area contributed by atoms with Crippen LogP contribution in [0.25, 0.3) is 0 Å². The average Bonchev–Trinajstić information content (AvgIpc) is 2.73. The first kappa shape index (κ1) is 10.9. The summed E-state index contributed by atoms with van der Waals surface area (Å²) in [5, 5.41) is 3.30. The zero-order valence-electron chi connectivity index (χ0n) is 9.67. The second kappa shape index (κ2) is 4.97. The molecule has 86 valence electrons. The van der Waals surface area contributed by atoms with Crippen LogP contribution >= 0.6 is 0 Å². The zero-order chi connectivity index (χ0) is 10.7. The van der Waals surface area contributed by atoms with Crippen molar-refractivity contribution in [2.45, 2.75) is 57.5 Å². The highest BCUT2D eigenvalue weighted by Gasteiger charge is 2.29. The van der Waals surface area contributed by atoms with Crippen molar-refractivity contribution >= 4 is 5.91 Å². The Morgan fingerprint density at radius 3 is 2.67 bits per heavy atom. The SMILES string of the molecule is CC1NCCCCN(C2CCCC2)C1=O. The lowest BCUT2D eigenvalue weighted by Gasteiger charge is -2.33. The first-order chi connectivity index (χ1) is 7.29. The molecule has 2 rings (SSSR count). The quantitative estimate of drug-likeness (QED) is 0.712. The van der Waals surface area contributed by atoms with Gasteiger partial charge in [-0.1, -0.05) is 12.8 Å². The molecule has 0 aromatic heterocycles. The van der Waals surface area contributed by atoms with Crippen molar-refractivity contribution in [2.75, 3.05) is 13.1 Å². The van der Waals surface area contributed by atoms with Crippen molar-refractivity contribution in [1.82, 2.24) is 10.2 Å². The maximum atomic E-state index is 12.1. The van der Waals surface area contributed by atoms with Gasteiger partial charge in [0.25, 0.3) is 0 Å². The van der Waals surface area contributed by atoms with Crippen molar-refractivity contribution in [3.05, 3.63) is 0 Å². The van der Waals surface area contributed by atoms with Crippen LogP contribution in [-0.4, -0.2) is 36.0 Å². The van der Waals surface area contributed by atoms with Crippen LogP contribution in [0.15, 0.2) is 0 Å². The number of amides is 1. The molecule has 1 N–H and O–H groups in total. The summed E-state index contributed by atoms with van der Waals surface area (Å²) in [6.45, 7) is 3.97. The zero-order valence-corrected chi connectivity index (χ0v) is 9.67. The molecule has 0 aromatic rings. The number of carbonyl (C=O) groups excluding carboxylic acids is 1. The van der Waals surface area contributed by atoms with Gasteiger partial charge in [0.2, 0.25) is 5.91 Å². The van der Waals surface area contributed by atoms with Crippen LogP contribution in [0.2, 0.25) is 0 Å².